The SMILES string of the molecule is O=C(C[NH+]1CCC[C@H]1c1ccc2c(c1)OCCO2)Nc1ccc(N2CCCC2)cc1. The lowest BCUT2D eigenvalue weighted by Gasteiger charge is -2.24. The monoisotopic (exact) mass is 408 g/mol. The molecule has 0 spiro atoms. The summed E-state index contributed by atoms with van der Waals surface area (Å²) < 4.78 is 11.4. The highest BCUT2D eigenvalue weighted by Gasteiger charge is 2.32. The topological polar surface area (TPSA) is 55.2 Å². The summed E-state index contributed by atoms with van der Waals surface area (Å²) in [6.07, 6.45) is 4.75. The molecule has 2 fully saturated rings. The summed E-state index contributed by atoms with van der Waals surface area (Å²) in [4.78, 5) is 16.5. The van der Waals surface area contributed by atoms with E-state index < -0.39 is 0 Å². The van der Waals surface area contributed by atoms with Crippen molar-refractivity contribution in [2.75, 3.05) is 49.6 Å². The first-order valence-corrected chi connectivity index (χ1v) is 11.2. The molecule has 2 saturated heterocycles. The molecule has 2 atom stereocenters. The van der Waals surface area contributed by atoms with Crippen molar-refractivity contribution in [1.29, 1.82) is 0 Å². The molecule has 0 radical (unpaired) electrons. The summed E-state index contributed by atoms with van der Waals surface area (Å²) in [5.74, 6) is 1.72. The molecule has 0 aromatic heterocycles. The molecule has 1 unspecified atom stereocenters. The summed E-state index contributed by atoms with van der Waals surface area (Å²) in [5, 5.41) is 3.09. The van der Waals surface area contributed by atoms with Crippen LogP contribution in [0.3, 0.4) is 0 Å². The fourth-order valence-electron chi connectivity index (χ4n) is 4.94. The van der Waals surface area contributed by atoms with Gasteiger partial charge in [0.25, 0.3) is 5.91 Å². The van der Waals surface area contributed by atoms with Crippen molar-refractivity contribution in [2.24, 2.45) is 0 Å². The number of quaternary nitrogens is 1. The Labute approximate surface area is 177 Å². The number of rotatable bonds is 5. The van der Waals surface area contributed by atoms with Gasteiger partial charge in [0, 0.05) is 42.9 Å². The summed E-state index contributed by atoms with van der Waals surface area (Å²) in [6.45, 7) is 4.95. The van der Waals surface area contributed by atoms with Gasteiger partial charge in [0.1, 0.15) is 19.3 Å². The van der Waals surface area contributed by atoms with Crippen LogP contribution in [0.15, 0.2) is 42.5 Å². The predicted octanol–water partition coefficient (Wildman–Crippen LogP) is 2.42. The van der Waals surface area contributed by atoms with Gasteiger partial charge in [-0.25, -0.2) is 0 Å². The van der Waals surface area contributed by atoms with E-state index in [1.165, 1.54) is 29.0 Å². The van der Waals surface area contributed by atoms with Crippen LogP contribution in [0, 0.1) is 0 Å². The number of carbonyl (C=O) groups excluding carboxylic acids is 1. The van der Waals surface area contributed by atoms with Crippen LogP contribution >= 0.6 is 0 Å². The highest BCUT2D eigenvalue weighted by atomic mass is 16.6. The Kier molecular flexibility index (Phi) is 5.49. The summed E-state index contributed by atoms with van der Waals surface area (Å²) in [5.41, 5.74) is 3.35. The van der Waals surface area contributed by atoms with Gasteiger partial charge in [0.05, 0.1) is 6.54 Å². The fourth-order valence-corrected chi connectivity index (χ4v) is 4.94. The van der Waals surface area contributed by atoms with Crippen LogP contribution < -0.4 is 24.6 Å². The van der Waals surface area contributed by atoms with E-state index in [2.05, 4.69) is 34.5 Å². The van der Waals surface area contributed by atoms with E-state index in [0.717, 1.165) is 49.7 Å². The van der Waals surface area contributed by atoms with Crippen LogP contribution in [0.5, 0.6) is 11.5 Å². The molecule has 2 aromatic carbocycles. The predicted molar refractivity (Wildman–Crippen MR) is 117 cm³/mol. The van der Waals surface area contributed by atoms with Gasteiger partial charge in [0.15, 0.2) is 18.0 Å². The lowest BCUT2D eigenvalue weighted by molar-refractivity contribution is -0.910. The molecule has 1 amide bonds. The summed E-state index contributed by atoms with van der Waals surface area (Å²) >= 11 is 0. The van der Waals surface area contributed by atoms with Crippen molar-refractivity contribution >= 4 is 17.3 Å². The first-order valence-electron chi connectivity index (χ1n) is 11.2. The Balaban J connectivity index is 1.21. The Bertz CT molecular complexity index is 893. The minimum atomic E-state index is 0.0726. The minimum absolute atomic E-state index is 0.0726. The third-order valence-corrected chi connectivity index (χ3v) is 6.46. The lowest BCUT2D eigenvalue weighted by atomic mass is 10.0. The molecule has 0 bridgehead atoms. The minimum Gasteiger partial charge on any atom is -0.486 e. The van der Waals surface area contributed by atoms with Crippen molar-refractivity contribution < 1.29 is 19.2 Å². The second kappa shape index (κ2) is 8.56. The van der Waals surface area contributed by atoms with Crippen LogP contribution in [0.1, 0.15) is 37.3 Å². The maximum atomic E-state index is 12.7. The molecular weight excluding hydrogens is 378 g/mol. The molecule has 6 heteroatoms. The normalized spacial score (nSPS) is 22.9. The van der Waals surface area contributed by atoms with E-state index in [1.807, 2.05) is 18.2 Å². The second-order valence-corrected chi connectivity index (χ2v) is 8.47. The van der Waals surface area contributed by atoms with Crippen molar-refractivity contribution in [3.8, 4) is 11.5 Å². The molecule has 0 saturated carbocycles. The van der Waals surface area contributed by atoms with Crippen LogP contribution in [0.4, 0.5) is 11.4 Å². The molecular formula is C24H30N3O3+. The maximum absolute atomic E-state index is 12.7. The van der Waals surface area contributed by atoms with Gasteiger partial charge < -0.3 is 24.6 Å². The molecule has 6 nitrogen and oxygen atoms in total. The molecule has 0 aliphatic carbocycles. The number of carbonyl (C=O) groups is 1. The zero-order chi connectivity index (χ0) is 20.3. The molecule has 3 aliphatic heterocycles. The smallest absolute Gasteiger partial charge is 0.279 e. The van der Waals surface area contributed by atoms with Crippen LogP contribution in [-0.2, 0) is 4.79 Å². The van der Waals surface area contributed by atoms with Crippen LogP contribution in [0.2, 0.25) is 0 Å². The van der Waals surface area contributed by atoms with Crippen molar-refractivity contribution in [1.82, 2.24) is 0 Å². The Morgan fingerprint density at radius 2 is 1.77 bits per heavy atom. The molecule has 30 heavy (non-hydrogen) atoms. The number of anilines is 2. The number of hydrogen-bond donors (Lipinski definition) is 2. The van der Waals surface area contributed by atoms with Crippen molar-refractivity contribution in [3.63, 3.8) is 0 Å². The Morgan fingerprint density at radius 3 is 2.57 bits per heavy atom. The number of ether oxygens (including phenoxy) is 2. The molecule has 3 aliphatic rings. The molecule has 158 valence electrons. The number of nitrogens with zero attached hydrogens (tertiary/aromatic N) is 1. The number of nitrogens with one attached hydrogen (secondary N) is 2. The maximum Gasteiger partial charge on any atom is 0.279 e. The van der Waals surface area contributed by atoms with Gasteiger partial charge in [0.2, 0.25) is 0 Å². The van der Waals surface area contributed by atoms with E-state index in [-0.39, 0.29) is 5.91 Å². The van der Waals surface area contributed by atoms with Crippen molar-refractivity contribution in [2.45, 2.75) is 31.7 Å². The summed E-state index contributed by atoms with van der Waals surface area (Å²) in [7, 11) is 0. The zero-order valence-electron chi connectivity index (χ0n) is 17.4. The van der Waals surface area contributed by atoms with Gasteiger partial charge in [-0.15, -0.1) is 0 Å². The standard InChI is InChI=1S/C24H29N3O3/c28-24(25-19-6-8-20(9-7-19)26-11-1-2-12-26)17-27-13-3-4-21(27)18-5-10-22-23(16-18)30-15-14-29-22/h5-10,16,21H,1-4,11-15,17H2,(H,25,28)/p+1/t21-/m0/s1. The number of amides is 1. The molecule has 3 heterocycles. The highest BCUT2D eigenvalue weighted by molar-refractivity contribution is 5.91. The average Bonchev–Trinajstić information content (AvgIpc) is 3.46. The third-order valence-electron chi connectivity index (χ3n) is 6.46. The van der Waals surface area contributed by atoms with E-state index in [4.69, 9.17) is 9.47 Å². The third kappa shape index (κ3) is 4.10. The van der Waals surface area contributed by atoms with Gasteiger partial charge in [-0.1, -0.05) is 0 Å². The van der Waals surface area contributed by atoms with E-state index >= 15 is 0 Å². The van der Waals surface area contributed by atoms with Crippen LogP contribution in [-0.4, -0.2) is 45.3 Å². The quantitative estimate of drug-likeness (QED) is 0.798. The second-order valence-electron chi connectivity index (χ2n) is 8.47. The molecule has 2 aromatic rings. The van der Waals surface area contributed by atoms with Gasteiger partial charge >= 0.3 is 0 Å². The lowest BCUT2D eigenvalue weighted by Crippen LogP contribution is -3.11. The Morgan fingerprint density at radius 1 is 1.00 bits per heavy atom. The van der Waals surface area contributed by atoms with Gasteiger partial charge in [-0.2, -0.15) is 0 Å². The van der Waals surface area contributed by atoms with Gasteiger partial charge in [-0.3, -0.25) is 4.79 Å². The largest absolute Gasteiger partial charge is 0.486 e. The van der Waals surface area contributed by atoms with Crippen LogP contribution in [0.25, 0.3) is 0 Å². The highest BCUT2D eigenvalue weighted by Crippen LogP contribution is 2.33. The fraction of sp³-hybridized carbons (Fsp3) is 0.458. The Hall–Kier alpha value is -2.73. The first-order chi connectivity index (χ1) is 14.8. The summed E-state index contributed by atoms with van der Waals surface area (Å²) in [6, 6.07) is 14.8. The number of likely N-dealkylation sites (tertiary alicyclic amines) is 1. The van der Waals surface area contributed by atoms with E-state index in [0.29, 0.717) is 25.8 Å². The number of hydrogen-bond acceptors (Lipinski definition) is 4. The number of fused-ring (bicyclic) bond motifs is 1. The van der Waals surface area contributed by atoms with Gasteiger partial charge in [-0.05, 0) is 55.3 Å². The number of benzene rings is 2. The van der Waals surface area contributed by atoms with E-state index in [9.17, 15) is 4.79 Å². The average molecular weight is 409 g/mol. The van der Waals surface area contributed by atoms with Crippen molar-refractivity contribution in [3.05, 3.63) is 48.0 Å². The molecule has 2 N–H and O–H groups in total. The van der Waals surface area contributed by atoms with E-state index in [1.54, 1.807) is 0 Å². The first kappa shape index (κ1) is 19.2. The zero-order valence-corrected chi connectivity index (χ0v) is 17.4. The molecule has 5 rings (SSSR count).